The first kappa shape index (κ1) is 19.6. The van der Waals surface area contributed by atoms with Crippen LogP contribution in [0, 0.1) is 0 Å². The van der Waals surface area contributed by atoms with Crippen molar-refractivity contribution in [3.63, 3.8) is 0 Å². The van der Waals surface area contributed by atoms with Crippen molar-refractivity contribution in [2.45, 2.75) is 31.5 Å². The molecule has 2 aromatic carbocycles. The Balaban J connectivity index is 1.63. The number of benzene rings is 2. The molecule has 0 aliphatic carbocycles. The van der Waals surface area contributed by atoms with Gasteiger partial charge in [0.05, 0.1) is 5.75 Å². The largest absolute Gasteiger partial charge is 0.325 e. The van der Waals surface area contributed by atoms with E-state index in [4.69, 9.17) is 0 Å². The summed E-state index contributed by atoms with van der Waals surface area (Å²) in [6.45, 7) is 2.97. The van der Waals surface area contributed by atoms with Crippen LogP contribution in [0.5, 0.6) is 0 Å². The molecule has 0 fully saturated rings. The van der Waals surface area contributed by atoms with E-state index in [1.807, 2.05) is 42.5 Å². The molecule has 1 heterocycles. The third-order valence-electron chi connectivity index (χ3n) is 3.91. The molecular weight excluding hydrogens is 424 g/mol. The van der Waals surface area contributed by atoms with Gasteiger partial charge >= 0.3 is 0 Å². The lowest BCUT2D eigenvalue weighted by Gasteiger charge is -2.09. The highest BCUT2D eigenvalue weighted by molar-refractivity contribution is 9.10. The van der Waals surface area contributed by atoms with E-state index < -0.39 is 0 Å². The van der Waals surface area contributed by atoms with E-state index in [2.05, 4.69) is 55.1 Å². The Morgan fingerprint density at radius 1 is 1.11 bits per heavy atom. The van der Waals surface area contributed by atoms with Gasteiger partial charge in [-0.2, -0.15) is 0 Å². The second-order valence-corrected chi connectivity index (χ2v) is 7.91. The highest BCUT2D eigenvalue weighted by Crippen LogP contribution is 2.20. The number of rotatable bonds is 8. The molecule has 5 nitrogen and oxygen atoms in total. The number of nitrogens with one attached hydrogen (secondary N) is 1. The van der Waals surface area contributed by atoms with Gasteiger partial charge in [0.25, 0.3) is 0 Å². The highest BCUT2D eigenvalue weighted by Gasteiger charge is 2.14. The van der Waals surface area contributed by atoms with Gasteiger partial charge in [-0.1, -0.05) is 64.9 Å². The maximum atomic E-state index is 12.2. The van der Waals surface area contributed by atoms with Crippen LogP contribution in [-0.2, 0) is 17.8 Å². The number of carbonyl (C=O) groups is 1. The fourth-order valence-corrected chi connectivity index (χ4v) is 3.69. The molecule has 27 heavy (non-hydrogen) atoms. The number of carbonyl (C=O) groups excluding carboxylic acids is 1. The number of nitrogens with zero attached hydrogens (tertiary/aromatic N) is 3. The zero-order valence-corrected chi connectivity index (χ0v) is 17.5. The minimum Gasteiger partial charge on any atom is -0.325 e. The molecule has 0 unspecified atom stereocenters. The van der Waals surface area contributed by atoms with Crippen molar-refractivity contribution in [2.24, 2.45) is 0 Å². The third kappa shape index (κ3) is 5.68. The monoisotopic (exact) mass is 444 g/mol. The fraction of sp³-hybridized carbons (Fsp3) is 0.250. The Hall–Kier alpha value is -2.12. The lowest BCUT2D eigenvalue weighted by atomic mass is 10.1. The maximum absolute atomic E-state index is 12.2. The molecule has 0 atom stereocenters. The van der Waals surface area contributed by atoms with Gasteiger partial charge in [0.15, 0.2) is 5.16 Å². The summed E-state index contributed by atoms with van der Waals surface area (Å²) < 4.78 is 3.10. The van der Waals surface area contributed by atoms with Gasteiger partial charge in [0, 0.05) is 23.1 Å². The summed E-state index contributed by atoms with van der Waals surface area (Å²) in [6, 6.07) is 17.8. The van der Waals surface area contributed by atoms with Crippen LogP contribution in [-0.4, -0.2) is 26.4 Å². The van der Waals surface area contributed by atoms with Crippen molar-refractivity contribution in [3.8, 4) is 0 Å². The van der Waals surface area contributed by atoms with Crippen LogP contribution in [0.25, 0.3) is 0 Å². The average Bonchev–Trinajstić information content (AvgIpc) is 3.05. The molecule has 0 aliphatic rings. The minimum absolute atomic E-state index is 0.0574. The first-order valence-corrected chi connectivity index (χ1v) is 10.6. The van der Waals surface area contributed by atoms with Gasteiger partial charge in [-0.05, 0) is 36.2 Å². The van der Waals surface area contributed by atoms with Crippen molar-refractivity contribution in [1.82, 2.24) is 14.8 Å². The molecule has 0 radical (unpaired) electrons. The Labute approximate surface area is 171 Å². The molecule has 0 saturated heterocycles. The van der Waals surface area contributed by atoms with Crippen LogP contribution in [0.4, 0.5) is 5.69 Å². The number of hydrogen-bond donors (Lipinski definition) is 1. The van der Waals surface area contributed by atoms with E-state index in [9.17, 15) is 4.79 Å². The summed E-state index contributed by atoms with van der Waals surface area (Å²) in [5.41, 5.74) is 1.98. The summed E-state index contributed by atoms with van der Waals surface area (Å²) in [5, 5.41) is 12.4. The first-order valence-electron chi connectivity index (χ1n) is 8.80. The van der Waals surface area contributed by atoms with Crippen LogP contribution in [0.15, 0.2) is 64.2 Å². The molecule has 1 N–H and O–H groups in total. The summed E-state index contributed by atoms with van der Waals surface area (Å²) in [7, 11) is 0. The van der Waals surface area contributed by atoms with Gasteiger partial charge in [0.1, 0.15) is 5.82 Å². The summed E-state index contributed by atoms with van der Waals surface area (Å²) in [5.74, 6) is 1.17. The summed E-state index contributed by atoms with van der Waals surface area (Å²) >= 11 is 4.80. The second kappa shape index (κ2) is 9.71. The zero-order valence-electron chi connectivity index (χ0n) is 15.1. The Bertz CT molecular complexity index is 881. The SMILES string of the molecule is CCCn1c(Cc2ccccc2)nnc1SCC(=O)Nc1ccc(Br)cc1. The molecule has 3 aromatic rings. The first-order chi connectivity index (χ1) is 13.2. The molecule has 0 saturated carbocycles. The van der Waals surface area contributed by atoms with Crippen molar-refractivity contribution in [3.05, 3.63) is 70.5 Å². The van der Waals surface area contributed by atoms with E-state index in [1.54, 1.807) is 0 Å². The molecule has 7 heteroatoms. The number of halogens is 1. The standard InChI is InChI=1S/C20H21BrN4OS/c1-2-12-25-18(13-15-6-4-3-5-7-15)23-24-20(25)27-14-19(26)22-17-10-8-16(21)9-11-17/h3-11H,2,12-14H2,1H3,(H,22,26). The van der Waals surface area contributed by atoms with Crippen LogP contribution in [0.3, 0.4) is 0 Å². The van der Waals surface area contributed by atoms with Gasteiger partial charge in [-0.3, -0.25) is 4.79 Å². The molecule has 1 aromatic heterocycles. The molecule has 0 spiro atoms. The summed E-state index contributed by atoms with van der Waals surface area (Å²) in [4.78, 5) is 12.2. The third-order valence-corrected chi connectivity index (χ3v) is 5.40. The number of thioether (sulfide) groups is 1. The van der Waals surface area contributed by atoms with Gasteiger partial charge in [-0.25, -0.2) is 0 Å². The van der Waals surface area contributed by atoms with Crippen molar-refractivity contribution < 1.29 is 4.79 Å². The molecular formula is C20H21BrN4OS. The van der Waals surface area contributed by atoms with Crippen molar-refractivity contribution in [1.29, 1.82) is 0 Å². The molecule has 3 rings (SSSR count). The lowest BCUT2D eigenvalue weighted by Crippen LogP contribution is -2.14. The molecule has 0 bridgehead atoms. The van der Waals surface area contributed by atoms with Crippen LogP contribution < -0.4 is 5.32 Å². The normalized spacial score (nSPS) is 10.7. The predicted molar refractivity (Wildman–Crippen MR) is 113 cm³/mol. The number of anilines is 1. The summed E-state index contributed by atoms with van der Waals surface area (Å²) in [6.07, 6.45) is 1.72. The van der Waals surface area contributed by atoms with Gasteiger partial charge in [0.2, 0.25) is 5.91 Å². The van der Waals surface area contributed by atoms with E-state index >= 15 is 0 Å². The number of amides is 1. The number of aromatic nitrogens is 3. The van der Waals surface area contributed by atoms with Gasteiger partial charge < -0.3 is 9.88 Å². The lowest BCUT2D eigenvalue weighted by molar-refractivity contribution is -0.113. The van der Waals surface area contributed by atoms with Crippen LogP contribution in [0.2, 0.25) is 0 Å². The van der Waals surface area contributed by atoms with Gasteiger partial charge in [-0.15, -0.1) is 10.2 Å². The highest BCUT2D eigenvalue weighted by atomic mass is 79.9. The number of hydrogen-bond acceptors (Lipinski definition) is 4. The smallest absolute Gasteiger partial charge is 0.234 e. The van der Waals surface area contributed by atoms with E-state index in [0.717, 1.165) is 40.5 Å². The average molecular weight is 445 g/mol. The Morgan fingerprint density at radius 3 is 2.56 bits per heavy atom. The fourth-order valence-electron chi connectivity index (χ4n) is 2.64. The second-order valence-electron chi connectivity index (χ2n) is 6.06. The van der Waals surface area contributed by atoms with E-state index in [1.165, 1.54) is 17.3 Å². The predicted octanol–water partition coefficient (Wildman–Crippen LogP) is 4.77. The maximum Gasteiger partial charge on any atom is 0.234 e. The molecule has 140 valence electrons. The molecule has 1 amide bonds. The van der Waals surface area contributed by atoms with Crippen LogP contribution >= 0.6 is 27.7 Å². The topological polar surface area (TPSA) is 59.8 Å². The van der Waals surface area contributed by atoms with E-state index in [0.29, 0.717) is 5.75 Å². The zero-order chi connectivity index (χ0) is 19.1. The molecule has 0 aliphatic heterocycles. The minimum atomic E-state index is -0.0574. The Kier molecular flexibility index (Phi) is 7.06. The Morgan fingerprint density at radius 2 is 1.85 bits per heavy atom. The van der Waals surface area contributed by atoms with Crippen LogP contribution in [0.1, 0.15) is 24.7 Å². The van der Waals surface area contributed by atoms with Crippen molar-refractivity contribution >= 4 is 39.3 Å². The van der Waals surface area contributed by atoms with E-state index in [-0.39, 0.29) is 5.91 Å². The quantitative estimate of drug-likeness (QED) is 0.508. The van der Waals surface area contributed by atoms with Crippen molar-refractivity contribution in [2.75, 3.05) is 11.1 Å².